The van der Waals surface area contributed by atoms with E-state index in [1.54, 1.807) is 0 Å². The first-order chi connectivity index (χ1) is 9.34. The first-order valence-electron chi connectivity index (χ1n) is 8.39. The Labute approximate surface area is 126 Å². The molecule has 2 atom stereocenters. The molecular formula is C17H36N2O. The SMILES string of the molecule is CCC1CN(CCOCCC(C)C)C(C(C)(C)C)CN1. The number of hydrogen-bond donors (Lipinski definition) is 1. The third kappa shape index (κ3) is 6.11. The van der Waals surface area contributed by atoms with Crippen LogP contribution in [0.5, 0.6) is 0 Å². The second kappa shape index (κ2) is 8.35. The molecule has 0 amide bonds. The molecule has 1 rings (SSSR count). The second-order valence-electron chi connectivity index (χ2n) is 7.69. The fourth-order valence-electron chi connectivity index (χ4n) is 2.86. The van der Waals surface area contributed by atoms with Crippen LogP contribution in [0.15, 0.2) is 0 Å². The monoisotopic (exact) mass is 284 g/mol. The Morgan fingerprint density at radius 2 is 1.95 bits per heavy atom. The molecule has 0 aromatic heterocycles. The molecule has 20 heavy (non-hydrogen) atoms. The van der Waals surface area contributed by atoms with Crippen LogP contribution in [-0.2, 0) is 4.74 Å². The van der Waals surface area contributed by atoms with Crippen LogP contribution in [0.4, 0.5) is 0 Å². The van der Waals surface area contributed by atoms with Gasteiger partial charge in [-0.05, 0) is 24.2 Å². The molecule has 120 valence electrons. The highest BCUT2D eigenvalue weighted by Crippen LogP contribution is 2.26. The van der Waals surface area contributed by atoms with E-state index in [0.29, 0.717) is 17.5 Å². The summed E-state index contributed by atoms with van der Waals surface area (Å²) in [4.78, 5) is 2.64. The number of rotatable bonds is 7. The van der Waals surface area contributed by atoms with E-state index < -0.39 is 0 Å². The molecule has 0 bridgehead atoms. The average Bonchev–Trinajstić information content (AvgIpc) is 2.36. The maximum atomic E-state index is 5.82. The highest BCUT2D eigenvalue weighted by atomic mass is 16.5. The van der Waals surface area contributed by atoms with Gasteiger partial charge in [-0.2, -0.15) is 0 Å². The van der Waals surface area contributed by atoms with Crippen molar-refractivity contribution >= 4 is 0 Å². The van der Waals surface area contributed by atoms with E-state index in [4.69, 9.17) is 4.74 Å². The lowest BCUT2D eigenvalue weighted by atomic mass is 9.83. The van der Waals surface area contributed by atoms with Gasteiger partial charge in [0, 0.05) is 38.3 Å². The minimum Gasteiger partial charge on any atom is -0.380 e. The van der Waals surface area contributed by atoms with Crippen molar-refractivity contribution < 1.29 is 4.74 Å². The predicted molar refractivity (Wildman–Crippen MR) is 87.2 cm³/mol. The van der Waals surface area contributed by atoms with Crippen molar-refractivity contribution in [2.75, 3.05) is 32.8 Å². The van der Waals surface area contributed by atoms with Crippen molar-refractivity contribution in [3.8, 4) is 0 Å². The van der Waals surface area contributed by atoms with Crippen LogP contribution in [0, 0.1) is 11.3 Å². The van der Waals surface area contributed by atoms with Crippen LogP contribution in [0.2, 0.25) is 0 Å². The summed E-state index contributed by atoms with van der Waals surface area (Å²) in [7, 11) is 0. The van der Waals surface area contributed by atoms with Gasteiger partial charge < -0.3 is 10.1 Å². The lowest BCUT2D eigenvalue weighted by Crippen LogP contribution is -2.60. The minimum absolute atomic E-state index is 0.323. The van der Waals surface area contributed by atoms with Gasteiger partial charge in [-0.15, -0.1) is 0 Å². The van der Waals surface area contributed by atoms with Crippen molar-refractivity contribution in [2.45, 2.75) is 66.5 Å². The van der Waals surface area contributed by atoms with Crippen molar-refractivity contribution in [2.24, 2.45) is 11.3 Å². The predicted octanol–water partition coefficient (Wildman–Crippen LogP) is 3.15. The zero-order valence-electron chi connectivity index (χ0n) is 14.5. The van der Waals surface area contributed by atoms with Gasteiger partial charge in [-0.1, -0.05) is 41.5 Å². The van der Waals surface area contributed by atoms with E-state index in [9.17, 15) is 0 Å². The largest absolute Gasteiger partial charge is 0.380 e. The van der Waals surface area contributed by atoms with Crippen LogP contribution >= 0.6 is 0 Å². The van der Waals surface area contributed by atoms with Gasteiger partial charge in [0.1, 0.15) is 0 Å². The molecule has 2 unspecified atom stereocenters. The molecule has 1 aliphatic heterocycles. The molecule has 1 saturated heterocycles. The normalized spacial score (nSPS) is 25.4. The minimum atomic E-state index is 0.323. The zero-order valence-corrected chi connectivity index (χ0v) is 14.5. The van der Waals surface area contributed by atoms with E-state index in [-0.39, 0.29) is 0 Å². The quantitative estimate of drug-likeness (QED) is 0.727. The highest BCUT2D eigenvalue weighted by molar-refractivity contribution is 4.91. The van der Waals surface area contributed by atoms with Crippen molar-refractivity contribution in [3.05, 3.63) is 0 Å². The molecule has 0 saturated carbocycles. The Morgan fingerprint density at radius 1 is 1.25 bits per heavy atom. The Bertz CT molecular complexity index is 260. The standard InChI is InChI=1S/C17H36N2O/c1-7-15-13-19(9-11-20-10-8-14(2)3)16(12-18-15)17(4,5)6/h14-16,18H,7-13H2,1-6H3. The average molecular weight is 284 g/mol. The summed E-state index contributed by atoms with van der Waals surface area (Å²) >= 11 is 0. The summed E-state index contributed by atoms with van der Waals surface area (Å²) in [5.41, 5.74) is 0.323. The van der Waals surface area contributed by atoms with Crippen LogP contribution in [0.1, 0.15) is 54.4 Å². The summed E-state index contributed by atoms with van der Waals surface area (Å²) in [5, 5.41) is 3.69. The summed E-state index contributed by atoms with van der Waals surface area (Å²) in [6.07, 6.45) is 2.38. The van der Waals surface area contributed by atoms with Gasteiger partial charge in [0.15, 0.2) is 0 Å². The molecular weight excluding hydrogens is 248 g/mol. The van der Waals surface area contributed by atoms with E-state index in [1.165, 1.54) is 12.8 Å². The Morgan fingerprint density at radius 3 is 2.50 bits per heavy atom. The number of nitrogens with zero attached hydrogens (tertiary/aromatic N) is 1. The second-order valence-corrected chi connectivity index (χ2v) is 7.69. The van der Waals surface area contributed by atoms with Gasteiger partial charge in [-0.3, -0.25) is 4.90 Å². The molecule has 1 N–H and O–H groups in total. The number of piperazine rings is 1. The third-order valence-corrected chi connectivity index (χ3v) is 4.35. The first-order valence-corrected chi connectivity index (χ1v) is 8.39. The summed E-state index contributed by atoms with van der Waals surface area (Å²) in [6, 6.07) is 1.25. The van der Waals surface area contributed by atoms with Crippen molar-refractivity contribution in [1.82, 2.24) is 10.2 Å². The summed E-state index contributed by atoms with van der Waals surface area (Å²) < 4.78 is 5.82. The fourth-order valence-corrected chi connectivity index (χ4v) is 2.86. The highest BCUT2D eigenvalue weighted by Gasteiger charge is 2.34. The first kappa shape index (κ1) is 17.9. The number of nitrogens with one attached hydrogen (secondary N) is 1. The van der Waals surface area contributed by atoms with Gasteiger partial charge in [0.25, 0.3) is 0 Å². The number of hydrogen-bond acceptors (Lipinski definition) is 3. The molecule has 1 heterocycles. The van der Waals surface area contributed by atoms with Gasteiger partial charge in [0.2, 0.25) is 0 Å². The van der Waals surface area contributed by atoms with Crippen LogP contribution in [-0.4, -0.2) is 49.8 Å². The molecule has 1 aliphatic rings. The van der Waals surface area contributed by atoms with Crippen LogP contribution < -0.4 is 5.32 Å². The van der Waals surface area contributed by atoms with E-state index in [0.717, 1.165) is 38.8 Å². The molecule has 1 fully saturated rings. The maximum Gasteiger partial charge on any atom is 0.0593 e. The third-order valence-electron chi connectivity index (χ3n) is 4.35. The molecule has 3 heteroatoms. The Kier molecular flexibility index (Phi) is 7.49. The zero-order chi connectivity index (χ0) is 15.2. The van der Waals surface area contributed by atoms with Gasteiger partial charge in [-0.25, -0.2) is 0 Å². The van der Waals surface area contributed by atoms with E-state index >= 15 is 0 Å². The van der Waals surface area contributed by atoms with Crippen LogP contribution in [0.3, 0.4) is 0 Å². The van der Waals surface area contributed by atoms with E-state index in [1.807, 2.05) is 0 Å². The number of ether oxygens (including phenoxy) is 1. The molecule has 0 aromatic carbocycles. The van der Waals surface area contributed by atoms with Crippen molar-refractivity contribution in [1.29, 1.82) is 0 Å². The lowest BCUT2D eigenvalue weighted by molar-refractivity contribution is 0.0227. The summed E-state index contributed by atoms with van der Waals surface area (Å²) in [6.45, 7) is 18.9. The molecule has 0 aliphatic carbocycles. The lowest BCUT2D eigenvalue weighted by Gasteiger charge is -2.46. The van der Waals surface area contributed by atoms with E-state index in [2.05, 4.69) is 51.8 Å². The summed E-state index contributed by atoms with van der Waals surface area (Å²) in [5.74, 6) is 0.737. The molecule has 3 nitrogen and oxygen atoms in total. The molecule has 0 aromatic rings. The Hall–Kier alpha value is -0.120. The molecule has 0 spiro atoms. The van der Waals surface area contributed by atoms with Crippen molar-refractivity contribution in [3.63, 3.8) is 0 Å². The van der Waals surface area contributed by atoms with Crippen LogP contribution in [0.25, 0.3) is 0 Å². The smallest absolute Gasteiger partial charge is 0.0593 e. The maximum absolute atomic E-state index is 5.82. The Balaban J connectivity index is 2.40. The van der Waals surface area contributed by atoms with Gasteiger partial charge in [0.05, 0.1) is 6.61 Å². The topological polar surface area (TPSA) is 24.5 Å². The van der Waals surface area contributed by atoms with Gasteiger partial charge >= 0.3 is 0 Å². The fraction of sp³-hybridized carbons (Fsp3) is 1.00. The molecule has 0 radical (unpaired) electrons.